The number of amides is 2. The largest absolute Gasteiger partial charge is 0.480 e. The van der Waals surface area contributed by atoms with Crippen LogP contribution in [0, 0.1) is 5.92 Å². The lowest BCUT2D eigenvalue weighted by Gasteiger charge is -2.22. The molecule has 0 aliphatic rings. The molecule has 2 rings (SSSR count). The second kappa shape index (κ2) is 9.16. The second-order valence-corrected chi connectivity index (χ2v) is 7.12. The van der Waals surface area contributed by atoms with E-state index in [1.54, 1.807) is 0 Å². The Labute approximate surface area is 159 Å². The van der Waals surface area contributed by atoms with E-state index in [4.69, 9.17) is 0 Å². The highest BCUT2D eigenvalue weighted by Crippen LogP contribution is 2.20. The van der Waals surface area contributed by atoms with E-state index in [1.165, 1.54) is 6.92 Å². The van der Waals surface area contributed by atoms with Crippen LogP contribution in [-0.4, -0.2) is 35.0 Å². The van der Waals surface area contributed by atoms with Crippen molar-refractivity contribution in [2.24, 2.45) is 5.92 Å². The average molecular weight is 370 g/mol. The van der Waals surface area contributed by atoms with Crippen molar-refractivity contribution in [3.05, 3.63) is 48.0 Å². The zero-order valence-corrected chi connectivity index (χ0v) is 15.9. The molecule has 6 nitrogen and oxygen atoms in total. The number of carboxylic acids is 1. The third-order valence-electron chi connectivity index (χ3n) is 4.32. The summed E-state index contributed by atoms with van der Waals surface area (Å²) in [6.45, 7) is 5.12. The predicted octanol–water partition coefficient (Wildman–Crippen LogP) is 2.50. The van der Waals surface area contributed by atoms with E-state index < -0.39 is 24.0 Å². The quantitative estimate of drug-likeness (QED) is 0.665. The summed E-state index contributed by atoms with van der Waals surface area (Å²) in [6.07, 6.45) is 0.600. The molecule has 0 saturated heterocycles. The van der Waals surface area contributed by atoms with Crippen molar-refractivity contribution in [2.45, 2.75) is 45.7 Å². The molecule has 2 aromatic rings. The van der Waals surface area contributed by atoms with Gasteiger partial charge in [0.15, 0.2) is 0 Å². The van der Waals surface area contributed by atoms with E-state index in [1.807, 2.05) is 56.3 Å². The van der Waals surface area contributed by atoms with Crippen LogP contribution in [0.25, 0.3) is 10.8 Å². The highest BCUT2D eigenvalue weighted by atomic mass is 16.4. The maximum absolute atomic E-state index is 12.7. The molecule has 0 aliphatic carbocycles. The van der Waals surface area contributed by atoms with Gasteiger partial charge in [0, 0.05) is 13.3 Å². The van der Waals surface area contributed by atoms with Crippen LogP contribution in [0.3, 0.4) is 0 Å². The molecule has 0 saturated carbocycles. The first-order valence-electron chi connectivity index (χ1n) is 9.05. The first kappa shape index (κ1) is 20.4. The molecular formula is C21H26N2O4. The number of hydrogen-bond donors (Lipinski definition) is 3. The Kier molecular flexibility index (Phi) is 6.93. The lowest BCUT2D eigenvalue weighted by molar-refractivity contribution is -0.142. The molecular weight excluding hydrogens is 344 g/mol. The minimum Gasteiger partial charge on any atom is -0.480 e. The van der Waals surface area contributed by atoms with Gasteiger partial charge in [-0.3, -0.25) is 9.59 Å². The lowest BCUT2D eigenvalue weighted by Crippen LogP contribution is -2.52. The number of aliphatic carboxylic acids is 1. The molecule has 0 aromatic heterocycles. The van der Waals surface area contributed by atoms with Crippen LogP contribution in [-0.2, 0) is 20.8 Å². The van der Waals surface area contributed by atoms with Crippen molar-refractivity contribution >= 4 is 28.6 Å². The molecule has 3 N–H and O–H groups in total. The van der Waals surface area contributed by atoms with Crippen LogP contribution in [0.2, 0.25) is 0 Å². The van der Waals surface area contributed by atoms with Crippen LogP contribution in [0.4, 0.5) is 0 Å². The highest BCUT2D eigenvalue weighted by molar-refractivity contribution is 5.91. The standard InChI is InChI=1S/C21H26N2O4/c1-13(2)11-19(21(26)27)23-20(25)18(22-14(3)24)12-16-9-6-8-15-7-4-5-10-17(15)16/h4-10,13,18-19H,11-12H2,1-3H3,(H,22,24)(H,23,25)(H,26,27)/t18?,19-/m0/s1. The Morgan fingerprint density at radius 2 is 1.63 bits per heavy atom. The van der Waals surface area contributed by atoms with E-state index in [9.17, 15) is 19.5 Å². The minimum atomic E-state index is -1.08. The lowest BCUT2D eigenvalue weighted by atomic mass is 9.97. The molecule has 27 heavy (non-hydrogen) atoms. The highest BCUT2D eigenvalue weighted by Gasteiger charge is 2.27. The van der Waals surface area contributed by atoms with Crippen molar-refractivity contribution in [3.63, 3.8) is 0 Å². The molecule has 0 spiro atoms. The Morgan fingerprint density at radius 3 is 2.26 bits per heavy atom. The first-order chi connectivity index (χ1) is 12.8. The number of benzene rings is 2. The van der Waals surface area contributed by atoms with Crippen LogP contribution >= 0.6 is 0 Å². The van der Waals surface area contributed by atoms with Gasteiger partial charge in [0.05, 0.1) is 0 Å². The smallest absolute Gasteiger partial charge is 0.326 e. The average Bonchev–Trinajstić information content (AvgIpc) is 2.60. The number of fused-ring (bicyclic) bond motifs is 1. The molecule has 1 unspecified atom stereocenters. The zero-order chi connectivity index (χ0) is 20.0. The second-order valence-electron chi connectivity index (χ2n) is 7.12. The van der Waals surface area contributed by atoms with Crippen LogP contribution in [0.15, 0.2) is 42.5 Å². The van der Waals surface area contributed by atoms with Crippen LogP contribution < -0.4 is 10.6 Å². The fourth-order valence-corrected chi connectivity index (χ4v) is 3.11. The van der Waals surface area contributed by atoms with E-state index in [-0.39, 0.29) is 18.2 Å². The number of rotatable bonds is 8. The summed E-state index contributed by atoms with van der Waals surface area (Å²) >= 11 is 0. The van der Waals surface area contributed by atoms with E-state index in [0.29, 0.717) is 6.42 Å². The first-order valence-corrected chi connectivity index (χ1v) is 9.05. The summed E-state index contributed by atoms with van der Waals surface area (Å²) in [4.78, 5) is 35.8. The fraction of sp³-hybridized carbons (Fsp3) is 0.381. The van der Waals surface area contributed by atoms with Crippen molar-refractivity contribution in [1.82, 2.24) is 10.6 Å². The third kappa shape index (κ3) is 5.81. The summed E-state index contributed by atoms with van der Waals surface area (Å²) in [5, 5.41) is 16.6. The summed E-state index contributed by atoms with van der Waals surface area (Å²) in [6, 6.07) is 11.8. The summed E-state index contributed by atoms with van der Waals surface area (Å²) in [5.74, 6) is -1.80. The molecule has 2 amide bonds. The minimum absolute atomic E-state index is 0.115. The monoisotopic (exact) mass is 370 g/mol. The van der Waals surface area contributed by atoms with Crippen molar-refractivity contribution < 1.29 is 19.5 Å². The van der Waals surface area contributed by atoms with Gasteiger partial charge < -0.3 is 15.7 Å². The van der Waals surface area contributed by atoms with Gasteiger partial charge in [-0.2, -0.15) is 0 Å². The Bertz CT molecular complexity index is 827. The maximum atomic E-state index is 12.7. The molecule has 6 heteroatoms. The third-order valence-corrected chi connectivity index (χ3v) is 4.32. The number of carbonyl (C=O) groups is 3. The van der Waals surface area contributed by atoms with Gasteiger partial charge in [0.1, 0.15) is 12.1 Å². The van der Waals surface area contributed by atoms with E-state index in [2.05, 4.69) is 10.6 Å². The van der Waals surface area contributed by atoms with Gasteiger partial charge >= 0.3 is 5.97 Å². The molecule has 0 aliphatic heterocycles. The number of carboxylic acid groups (broad SMARTS) is 1. The number of carbonyl (C=O) groups excluding carboxylic acids is 2. The zero-order valence-electron chi connectivity index (χ0n) is 15.9. The van der Waals surface area contributed by atoms with Gasteiger partial charge in [0.25, 0.3) is 0 Å². The molecule has 2 atom stereocenters. The number of nitrogens with one attached hydrogen (secondary N) is 2. The van der Waals surface area contributed by atoms with Crippen molar-refractivity contribution in [1.29, 1.82) is 0 Å². The van der Waals surface area contributed by atoms with E-state index >= 15 is 0 Å². The van der Waals surface area contributed by atoms with Gasteiger partial charge in [-0.05, 0) is 28.7 Å². The van der Waals surface area contributed by atoms with Gasteiger partial charge in [0.2, 0.25) is 11.8 Å². The normalized spacial score (nSPS) is 13.2. The van der Waals surface area contributed by atoms with E-state index in [0.717, 1.165) is 16.3 Å². The maximum Gasteiger partial charge on any atom is 0.326 e. The molecule has 0 heterocycles. The van der Waals surface area contributed by atoms with Gasteiger partial charge in [-0.1, -0.05) is 56.3 Å². The molecule has 0 radical (unpaired) electrons. The summed E-state index contributed by atoms with van der Waals surface area (Å²) < 4.78 is 0. The Balaban J connectivity index is 2.24. The van der Waals surface area contributed by atoms with Crippen molar-refractivity contribution in [3.8, 4) is 0 Å². The van der Waals surface area contributed by atoms with Crippen molar-refractivity contribution in [2.75, 3.05) is 0 Å². The van der Waals surface area contributed by atoms with Crippen LogP contribution in [0.1, 0.15) is 32.8 Å². The topological polar surface area (TPSA) is 95.5 Å². The predicted molar refractivity (Wildman–Crippen MR) is 104 cm³/mol. The Morgan fingerprint density at radius 1 is 0.963 bits per heavy atom. The molecule has 0 fully saturated rings. The van der Waals surface area contributed by atoms with Crippen LogP contribution in [0.5, 0.6) is 0 Å². The van der Waals surface area contributed by atoms with Gasteiger partial charge in [-0.25, -0.2) is 4.79 Å². The molecule has 2 aromatic carbocycles. The Hall–Kier alpha value is -2.89. The SMILES string of the molecule is CC(=O)NC(Cc1cccc2ccccc12)C(=O)N[C@@H](CC(C)C)C(=O)O. The summed E-state index contributed by atoms with van der Waals surface area (Å²) in [7, 11) is 0. The molecule has 144 valence electrons. The number of hydrogen-bond acceptors (Lipinski definition) is 3. The fourth-order valence-electron chi connectivity index (χ4n) is 3.11. The summed E-state index contributed by atoms with van der Waals surface area (Å²) in [5.41, 5.74) is 0.915. The van der Waals surface area contributed by atoms with Gasteiger partial charge in [-0.15, -0.1) is 0 Å². The molecule has 0 bridgehead atoms.